The molecule has 0 saturated carbocycles. The van der Waals surface area contributed by atoms with Crippen LogP contribution in [0.4, 0.5) is 5.69 Å². The number of hydrogen-bond donors (Lipinski definition) is 2. The molecular weight excluding hydrogens is 248 g/mol. The van der Waals surface area contributed by atoms with Crippen molar-refractivity contribution < 1.29 is 9.72 Å². The average molecular weight is 260 g/mol. The summed E-state index contributed by atoms with van der Waals surface area (Å²) in [4.78, 5) is 22.3. The molecule has 0 aliphatic heterocycles. The van der Waals surface area contributed by atoms with Crippen molar-refractivity contribution in [3.05, 3.63) is 57.4 Å². The molecular formula is C12H12N4O3. The fourth-order valence-electron chi connectivity index (χ4n) is 1.72. The number of aromatic amines is 1. The minimum Gasteiger partial charge on any atom is -0.348 e. The second-order valence-electron chi connectivity index (χ2n) is 4.00. The quantitative estimate of drug-likeness (QED) is 0.643. The predicted octanol–water partition coefficient (Wildman–Crippen LogP) is 1.56. The minimum atomic E-state index is -0.498. The van der Waals surface area contributed by atoms with E-state index in [4.69, 9.17) is 0 Å². The predicted molar refractivity (Wildman–Crippen MR) is 67.6 cm³/mol. The van der Waals surface area contributed by atoms with Crippen LogP contribution in [0.15, 0.2) is 30.6 Å². The van der Waals surface area contributed by atoms with Crippen molar-refractivity contribution in [1.29, 1.82) is 0 Å². The molecule has 1 aromatic carbocycles. The van der Waals surface area contributed by atoms with Gasteiger partial charge in [-0.3, -0.25) is 20.0 Å². The van der Waals surface area contributed by atoms with Crippen molar-refractivity contribution >= 4 is 11.6 Å². The van der Waals surface area contributed by atoms with Gasteiger partial charge in [-0.15, -0.1) is 0 Å². The second kappa shape index (κ2) is 5.30. The van der Waals surface area contributed by atoms with E-state index in [0.29, 0.717) is 17.7 Å². The number of nitro groups is 1. The summed E-state index contributed by atoms with van der Waals surface area (Å²) in [7, 11) is 0. The highest BCUT2D eigenvalue weighted by Gasteiger charge is 2.17. The van der Waals surface area contributed by atoms with Gasteiger partial charge < -0.3 is 5.32 Å². The van der Waals surface area contributed by atoms with Crippen LogP contribution in [-0.4, -0.2) is 21.0 Å². The summed E-state index contributed by atoms with van der Waals surface area (Å²) >= 11 is 0. The molecule has 0 atom stereocenters. The van der Waals surface area contributed by atoms with Gasteiger partial charge in [0.15, 0.2) is 0 Å². The molecule has 0 aliphatic carbocycles. The molecule has 2 N–H and O–H groups in total. The van der Waals surface area contributed by atoms with E-state index in [0.717, 1.165) is 5.56 Å². The maximum atomic E-state index is 12.0. The second-order valence-corrected chi connectivity index (χ2v) is 4.00. The number of H-pyrrole nitrogens is 1. The molecule has 1 amide bonds. The molecule has 0 spiro atoms. The third-order valence-corrected chi connectivity index (χ3v) is 2.75. The summed E-state index contributed by atoms with van der Waals surface area (Å²) in [6.07, 6.45) is 3.27. The van der Waals surface area contributed by atoms with Crippen LogP contribution in [0.2, 0.25) is 0 Å². The Morgan fingerprint density at radius 2 is 2.32 bits per heavy atom. The Bertz CT molecular complexity index is 607. The average Bonchev–Trinajstić information content (AvgIpc) is 2.89. The number of nitro benzene ring substituents is 1. The summed E-state index contributed by atoms with van der Waals surface area (Å²) in [5, 5.41) is 19.9. The lowest BCUT2D eigenvalue weighted by Gasteiger charge is -2.06. The van der Waals surface area contributed by atoms with Crippen LogP contribution in [0.25, 0.3) is 0 Å². The number of hydrogen-bond acceptors (Lipinski definition) is 4. The maximum Gasteiger partial charge on any atom is 0.273 e. The summed E-state index contributed by atoms with van der Waals surface area (Å²) in [5.74, 6) is -0.345. The Balaban J connectivity index is 2.15. The van der Waals surface area contributed by atoms with E-state index in [1.165, 1.54) is 12.1 Å². The zero-order valence-corrected chi connectivity index (χ0v) is 10.2. The van der Waals surface area contributed by atoms with Crippen LogP contribution >= 0.6 is 0 Å². The minimum absolute atomic E-state index is 0.0593. The van der Waals surface area contributed by atoms with Crippen LogP contribution in [0, 0.1) is 17.0 Å². The van der Waals surface area contributed by atoms with E-state index in [9.17, 15) is 14.9 Å². The first-order chi connectivity index (χ1) is 9.09. The lowest BCUT2D eigenvalue weighted by atomic mass is 10.1. The van der Waals surface area contributed by atoms with E-state index in [1.54, 1.807) is 25.4 Å². The fraction of sp³-hybridized carbons (Fsp3) is 0.167. The van der Waals surface area contributed by atoms with Crippen molar-refractivity contribution in [3.8, 4) is 0 Å². The number of carbonyl (C=O) groups is 1. The first kappa shape index (κ1) is 12.7. The van der Waals surface area contributed by atoms with Crippen molar-refractivity contribution in [3.63, 3.8) is 0 Å². The number of benzene rings is 1. The molecule has 0 aliphatic rings. The molecule has 0 bridgehead atoms. The normalized spacial score (nSPS) is 10.2. The molecule has 1 aromatic heterocycles. The summed E-state index contributed by atoms with van der Waals surface area (Å²) in [5.41, 5.74) is 1.43. The van der Waals surface area contributed by atoms with Gasteiger partial charge in [-0.05, 0) is 13.0 Å². The van der Waals surface area contributed by atoms with Gasteiger partial charge in [0.1, 0.15) is 0 Å². The molecule has 0 fully saturated rings. The number of nitrogens with one attached hydrogen (secondary N) is 2. The summed E-state index contributed by atoms with van der Waals surface area (Å²) < 4.78 is 0. The highest BCUT2D eigenvalue weighted by molar-refractivity contribution is 5.96. The highest BCUT2D eigenvalue weighted by Crippen LogP contribution is 2.20. The van der Waals surface area contributed by atoms with Gasteiger partial charge >= 0.3 is 0 Å². The van der Waals surface area contributed by atoms with Gasteiger partial charge in [0.2, 0.25) is 0 Å². The molecule has 2 aromatic rings. The smallest absolute Gasteiger partial charge is 0.273 e. The fourth-order valence-corrected chi connectivity index (χ4v) is 1.72. The lowest BCUT2D eigenvalue weighted by Crippen LogP contribution is -2.23. The van der Waals surface area contributed by atoms with Gasteiger partial charge in [-0.25, -0.2) is 0 Å². The van der Waals surface area contributed by atoms with Gasteiger partial charge in [0.25, 0.3) is 11.6 Å². The van der Waals surface area contributed by atoms with Crippen LogP contribution < -0.4 is 5.32 Å². The lowest BCUT2D eigenvalue weighted by molar-refractivity contribution is -0.385. The van der Waals surface area contributed by atoms with Crippen LogP contribution in [0.5, 0.6) is 0 Å². The Labute approximate surface area is 108 Å². The number of nitrogens with zero attached hydrogens (tertiary/aromatic N) is 2. The molecule has 98 valence electrons. The van der Waals surface area contributed by atoms with Gasteiger partial charge in [0, 0.05) is 35.5 Å². The Hall–Kier alpha value is -2.70. The van der Waals surface area contributed by atoms with Crippen molar-refractivity contribution in [2.24, 2.45) is 0 Å². The first-order valence-corrected chi connectivity index (χ1v) is 5.59. The third kappa shape index (κ3) is 2.76. The number of aromatic nitrogens is 2. The number of amides is 1. The van der Waals surface area contributed by atoms with E-state index >= 15 is 0 Å². The van der Waals surface area contributed by atoms with E-state index in [2.05, 4.69) is 15.5 Å². The molecule has 2 rings (SSSR count). The number of rotatable bonds is 4. The van der Waals surface area contributed by atoms with Gasteiger partial charge in [-0.2, -0.15) is 5.10 Å². The SMILES string of the molecule is Cc1c(C(=O)NCc2cn[nH]c2)cccc1[N+](=O)[O-]. The maximum absolute atomic E-state index is 12.0. The zero-order chi connectivity index (χ0) is 13.8. The molecule has 7 heteroatoms. The standard InChI is InChI=1S/C12H12N4O3/c1-8-10(3-2-4-11(8)16(18)19)12(17)13-5-9-6-14-15-7-9/h2-4,6-7H,5H2,1H3,(H,13,17)(H,14,15). The van der Waals surface area contributed by atoms with E-state index in [-0.39, 0.29) is 11.6 Å². The molecule has 19 heavy (non-hydrogen) atoms. The summed E-state index contributed by atoms with van der Waals surface area (Å²) in [6.45, 7) is 1.88. The van der Waals surface area contributed by atoms with Gasteiger partial charge in [-0.1, -0.05) is 6.07 Å². The van der Waals surface area contributed by atoms with Crippen LogP contribution in [0.3, 0.4) is 0 Å². The van der Waals surface area contributed by atoms with E-state index in [1.807, 2.05) is 0 Å². The molecule has 0 unspecified atom stereocenters. The summed E-state index contributed by atoms with van der Waals surface area (Å²) in [6, 6.07) is 4.44. The molecule has 0 saturated heterocycles. The Morgan fingerprint density at radius 1 is 1.53 bits per heavy atom. The highest BCUT2D eigenvalue weighted by atomic mass is 16.6. The third-order valence-electron chi connectivity index (χ3n) is 2.75. The van der Waals surface area contributed by atoms with Crippen LogP contribution in [-0.2, 0) is 6.54 Å². The molecule has 1 heterocycles. The monoisotopic (exact) mass is 260 g/mol. The van der Waals surface area contributed by atoms with Crippen molar-refractivity contribution in [2.45, 2.75) is 13.5 Å². The van der Waals surface area contributed by atoms with Crippen LogP contribution in [0.1, 0.15) is 21.5 Å². The topological polar surface area (TPSA) is 101 Å². The Kier molecular flexibility index (Phi) is 3.56. The van der Waals surface area contributed by atoms with Gasteiger partial charge in [0.05, 0.1) is 11.1 Å². The Morgan fingerprint density at radius 3 is 2.95 bits per heavy atom. The molecule has 7 nitrogen and oxygen atoms in total. The largest absolute Gasteiger partial charge is 0.348 e. The zero-order valence-electron chi connectivity index (χ0n) is 10.2. The molecule has 0 radical (unpaired) electrons. The van der Waals surface area contributed by atoms with Crippen molar-refractivity contribution in [2.75, 3.05) is 0 Å². The number of carbonyl (C=O) groups excluding carboxylic acids is 1. The van der Waals surface area contributed by atoms with Crippen molar-refractivity contribution in [1.82, 2.24) is 15.5 Å². The van der Waals surface area contributed by atoms with E-state index < -0.39 is 4.92 Å². The first-order valence-electron chi connectivity index (χ1n) is 5.59.